The molecule has 6 nitrogen and oxygen atoms in total. The third kappa shape index (κ3) is 3.05. The van der Waals surface area contributed by atoms with Crippen molar-refractivity contribution in [2.75, 3.05) is 0 Å². The average molecular weight is 332 g/mol. The Balaban J connectivity index is 2.25. The van der Waals surface area contributed by atoms with Gasteiger partial charge in [0.25, 0.3) is 0 Å². The van der Waals surface area contributed by atoms with Gasteiger partial charge in [-0.15, -0.1) is 10.2 Å². The number of halogens is 2. The Morgan fingerprint density at radius 3 is 2.94 bits per heavy atom. The van der Waals surface area contributed by atoms with E-state index < -0.39 is 0 Å². The maximum Gasteiger partial charge on any atom is 0.176 e. The molecule has 1 aromatic carbocycles. The highest BCUT2D eigenvalue weighted by Crippen LogP contribution is 2.27. The topological polar surface area (TPSA) is 81.7 Å². The molecular weight excluding hydrogens is 320 g/mol. The zero-order chi connectivity index (χ0) is 13.1. The van der Waals surface area contributed by atoms with Crippen molar-refractivity contribution in [2.45, 2.75) is 12.5 Å². The molecule has 0 aliphatic carbocycles. The maximum absolute atomic E-state index is 6.16. The molecule has 0 aliphatic heterocycles. The quantitative estimate of drug-likeness (QED) is 0.653. The normalized spacial score (nSPS) is 12.7. The van der Waals surface area contributed by atoms with Crippen LogP contribution in [0.25, 0.3) is 0 Å². The third-order valence-electron chi connectivity index (χ3n) is 2.47. The number of hydrazine groups is 1. The van der Waals surface area contributed by atoms with Crippen molar-refractivity contribution >= 4 is 27.5 Å². The second kappa shape index (κ2) is 5.75. The Bertz CT molecular complexity index is 543. The molecule has 0 radical (unpaired) electrons. The van der Waals surface area contributed by atoms with Crippen molar-refractivity contribution in [1.29, 1.82) is 0 Å². The van der Waals surface area contributed by atoms with Crippen LogP contribution in [-0.2, 0) is 13.5 Å². The number of nitrogens with two attached hydrogens (primary N) is 1. The lowest BCUT2D eigenvalue weighted by Crippen LogP contribution is -2.30. The van der Waals surface area contributed by atoms with Crippen LogP contribution in [0.4, 0.5) is 0 Å². The number of hydrogen-bond donors (Lipinski definition) is 2. The van der Waals surface area contributed by atoms with Gasteiger partial charge in [-0.05, 0) is 29.0 Å². The van der Waals surface area contributed by atoms with Gasteiger partial charge >= 0.3 is 0 Å². The summed E-state index contributed by atoms with van der Waals surface area (Å²) >= 11 is 9.57. The smallest absolute Gasteiger partial charge is 0.176 e. The number of nitrogens with zero attached hydrogens (tertiary/aromatic N) is 4. The summed E-state index contributed by atoms with van der Waals surface area (Å²) in [7, 11) is 1.72. The molecule has 18 heavy (non-hydrogen) atoms. The number of rotatable bonds is 4. The highest BCUT2D eigenvalue weighted by atomic mass is 79.9. The fourth-order valence-corrected chi connectivity index (χ4v) is 2.26. The molecule has 0 spiro atoms. The van der Waals surface area contributed by atoms with Crippen molar-refractivity contribution in [3.63, 3.8) is 0 Å². The summed E-state index contributed by atoms with van der Waals surface area (Å²) in [5, 5.41) is 12.5. The molecule has 0 fully saturated rings. The lowest BCUT2D eigenvalue weighted by Gasteiger charge is -2.16. The summed E-state index contributed by atoms with van der Waals surface area (Å²) in [5.74, 6) is 6.18. The molecule has 0 aliphatic rings. The molecule has 1 unspecified atom stereocenters. The van der Waals surface area contributed by atoms with E-state index in [9.17, 15) is 0 Å². The van der Waals surface area contributed by atoms with Crippen LogP contribution in [0.1, 0.15) is 17.4 Å². The van der Waals surface area contributed by atoms with Crippen molar-refractivity contribution in [3.8, 4) is 0 Å². The van der Waals surface area contributed by atoms with Gasteiger partial charge in [0.2, 0.25) is 0 Å². The van der Waals surface area contributed by atoms with Crippen LogP contribution >= 0.6 is 27.5 Å². The van der Waals surface area contributed by atoms with Gasteiger partial charge in [-0.25, -0.2) is 0 Å². The van der Waals surface area contributed by atoms with E-state index >= 15 is 0 Å². The first-order valence-corrected chi connectivity index (χ1v) is 6.41. The zero-order valence-electron chi connectivity index (χ0n) is 9.64. The highest BCUT2D eigenvalue weighted by Gasteiger charge is 2.17. The molecule has 0 bridgehead atoms. The molecule has 1 aromatic heterocycles. The molecule has 0 amide bonds. The summed E-state index contributed by atoms with van der Waals surface area (Å²) in [4.78, 5) is 1.41. The van der Waals surface area contributed by atoms with Gasteiger partial charge in [-0.2, -0.15) is 4.80 Å². The molecule has 8 heteroatoms. The zero-order valence-corrected chi connectivity index (χ0v) is 12.0. The molecular formula is C10H12BrClN6. The van der Waals surface area contributed by atoms with Crippen molar-refractivity contribution in [2.24, 2.45) is 12.9 Å². The van der Waals surface area contributed by atoms with Crippen molar-refractivity contribution < 1.29 is 0 Å². The predicted molar refractivity (Wildman–Crippen MR) is 71.7 cm³/mol. The second-order valence-electron chi connectivity index (χ2n) is 3.78. The van der Waals surface area contributed by atoms with Crippen LogP contribution in [0, 0.1) is 0 Å². The lowest BCUT2D eigenvalue weighted by atomic mass is 10.0. The van der Waals surface area contributed by atoms with Crippen molar-refractivity contribution in [3.05, 3.63) is 39.1 Å². The number of aryl methyl sites for hydroxylation is 1. The molecule has 0 saturated heterocycles. The SMILES string of the molecule is Cn1nnc(CC(NN)c2cc(Br)ccc2Cl)n1. The number of hydrogen-bond acceptors (Lipinski definition) is 5. The summed E-state index contributed by atoms with van der Waals surface area (Å²) in [6.07, 6.45) is 0.514. The minimum Gasteiger partial charge on any atom is -0.271 e. The predicted octanol–water partition coefficient (Wildman–Crippen LogP) is 1.37. The van der Waals surface area contributed by atoms with Crippen LogP contribution in [0.2, 0.25) is 5.02 Å². The van der Waals surface area contributed by atoms with Gasteiger partial charge in [-0.1, -0.05) is 27.5 Å². The van der Waals surface area contributed by atoms with Crippen LogP contribution in [-0.4, -0.2) is 20.2 Å². The molecule has 1 heterocycles. The fourth-order valence-electron chi connectivity index (χ4n) is 1.63. The minimum atomic E-state index is -0.167. The van der Waals surface area contributed by atoms with Gasteiger partial charge in [0.05, 0.1) is 13.1 Å². The van der Waals surface area contributed by atoms with Crippen LogP contribution in [0.3, 0.4) is 0 Å². The monoisotopic (exact) mass is 330 g/mol. The van der Waals surface area contributed by atoms with E-state index in [1.807, 2.05) is 18.2 Å². The van der Waals surface area contributed by atoms with E-state index in [1.165, 1.54) is 4.80 Å². The first-order chi connectivity index (χ1) is 8.60. The van der Waals surface area contributed by atoms with Gasteiger partial charge in [0.1, 0.15) is 0 Å². The van der Waals surface area contributed by atoms with Crippen LogP contribution < -0.4 is 11.3 Å². The van der Waals surface area contributed by atoms with Crippen molar-refractivity contribution in [1.82, 2.24) is 25.6 Å². The van der Waals surface area contributed by atoms with E-state index in [0.29, 0.717) is 17.3 Å². The molecule has 3 N–H and O–H groups in total. The molecule has 96 valence electrons. The third-order valence-corrected chi connectivity index (χ3v) is 3.31. The summed E-state index contributed by atoms with van der Waals surface area (Å²) in [6, 6.07) is 5.44. The lowest BCUT2D eigenvalue weighted by molar-refractivity contribution is 0.536. The summed E-state index contributed by atoms with van der Waals surface area (Å²) < 4.78 is 0.939. The Labute approximate surface area is 118 Å². The molecule has 1 atom stereocenters. The second-order valence-corrected chi connectivity index (χ2v) is 5.11. The molecule has 2 rings (SSSR count). The number of nitrogens with one attached hydrogen (secondary N) is 1. The van der Waals surface area contributed by atoms with E-state index in [4.69, 9.17) is 17.4 Å². The standard InChI is InChI=1S/C10H12BrClN6/c1-18-16-10(15-17-18)5-9(14-13)7-4-6(11)2-3-8(7)12/h2-4,9,14H,5,13H2,1H3. The van der Waals surface area contributed by atoms with Gasteiger partial charge in [0.15, 0.2) is 5.82 Å². The number of benzene rings is 1. The van der Waals surface area contributed by atoms with Gasteiger partial charge in [-0.3, -0.25) is 11.3 Å². The highest BCUT2D eigenvalue weighted by molar-refractivity contribution is 9.10. The Morgan fingerprint density at radius 2 is 2.33 bits per heavy atom. The van der Waals surface area contributed by atoms with Gasteiger partial charge in [0, 0.05) is 15.9 Å². The van der Waals surface area contributed by atoms with E-state index in [1.54, 1.807) is 7.05 Å². The van der Waals surface area contributed by atoms with E-state index in [-0.39, 0.29) is 6.04 Å². The number of aromatic nitrogens is 4. The van der Waals surface area contributed by atoms with Crippen LogP contribution in [0.5, 0.6) is 0 Å². The fraction of sp³-hybridized carbons (Fsp3) is 0.300. The molecule has 0 saturated carbocycles. The van der Waals surface area contributed by atoms with Crippen LogP contribution in [0.15, 0.2) is 22.7 Å². The summed E-state index contributed by atoms with van der Waals surface area (Å²) in [5.41, 5.74) is 3.61. The first kappa shape index (κ1) is 13.4. The van der Waals surface area contributed by atoms with E-state index in [0.717, 1.165) is 10.0 Å². The Kier molecular flexibility index (Phi) is 4.28. The largest absolute Gasteiger partial charge is 0.271 e. The minimum absolute atomic E-state index is 0.167. The summed E-state index contributed by atoms with van der Waals surface area (Å²) in [6.45, 7) is 0. The maximum atomic E-state index is 6.16. The van der Waals surface area contributed by atoms with E-state index in [2.05, 4.69) is 36.8 Å². The van der Waals surface area contributed by atoms with Gasteiger partial charge < -0.3 is 0 Å². The Morgan fingerprint density at radius 1 is 1.56 bits per heavy atom. The molecule has 2 aromatic rings. The first-order valence-electron chi connectivity index (χ1n) is 5.24. The average Bonchev–Trinajstić information content (AvgIpc) is 2.75. The Hall–Kier alpha value is -1.02. The number of tetrazole rings is 1.